The minimum absolute atomic E-state index is 0.0458. The van der Waals surface area contributed by atoms with Crippen molar-refractivity contribution in [3.8, 4) is 17.6 Å². The van der Waals surface area contributed by atoms with Crippen LogP contribution in [0.25, 0.3) is 0 Å². The summed E-state index contributed by atoms with van der Waals surface area (Å²) in [6.45, 7) is 0.0458. The Morgan fingerprint density at radius 2 is 1.95 bits per heavy atom. The lowest BCUT2D eigenvalue weighted by molar-refractivity contribution is 0.297. The summed E-state index contributed by atoms with van der Waals surface area (Å²) in [5, 5.41) is 8.91. The van der Waals surface area contributed by atoms with Gasteiger partial charge >= 0.3 is 0 Å². The van der Waals surface area contributed by atoms with Crippen LogP contribution in [0.4, 0.5) is 10.1 Å². The average molecular weight is 272 g/mol. The van der Waals surface area contributed by atoms with Crippen LogP contribution in [0.1, 0.15) is 11.1 Å². The average Bonchev–Trinajstić information content (AvgIpc) is 2.46. The van der Waals surface area contributed by atoms with Gasteiger partial charge in [0.2, 0.25) is 0 Å². The Hall–Kier alpha value is -2.74. The molecule has 0 saturated heterocycles. The molecule has 0 atom stereocenters. The standard InChI is InChI=1S/C15H13FN2O2/c1-19-13-4-10(8-17)5-14(7-13)20-9-11-2-3-12(18)6-15(11)16/h2-7H,9,18H2,1H3. The fourth-order valence-electron chi connectivity index (χ4n) is 1.68. The summed E-state index contributed by atoms with van der Waals surface area (Å²) < 4.78 is 24.2. The van der Waals surface area contributed by atoms with E-state index in [1.54, 1.807) is 30.3 Å². The molecule has 20 heavy (non-hydrogen) atoms. The number of methoxy groups -OCH3 is 1. The van der Waals surface area contributed by atoms with Crippen molar-refractivity contribution in [1.29, 1.82) is 5.26 Å². The summed E-state index contributed by atoms with van der Waals surface area (Å²) in [7, 11) is 1.50. The molecule has 0 spiro atoms. The Labute approximate surface area is 116 Å². The number of hydrogen-bond donors (Lipinski definition) is 1. The van der Waals surface area contributed by atoms with Gasteiger partial charge in [0.15, 0.2) is 0 Å². The first-order valence-electron chi connectivity index (χ1n) is 5.88. The SMILES string of the molecule is COc1cc(C#N)cc(OCc2ccc(N)cc2F)c1. The van der Waals surface area contributed by atoms with Gasteiger partial charge in [0.1, 0.15) is 23.9 Å². The Morgan fingerprint density at radius 1 is 1.20 bits per heavy atom. The van der Waals surface area contributed by atoms with Crippen LogP contribution < -0.4 is 15.2 Å². The van der Waals surface area contributed by atoms with Crippen molar-refractivity contribution in [1.82, 2.24) is 0 Å². The molecule has 0 fully saturated rings. The molecule has 0 radical (unpaired) electrons. The Balaban J connectivity index is 2.16. The number of rotatable bonds is 4. The minimum Gasteiger partial charge on any atom is -0.497 e. The maximum atomic E-state index is 13.6. The molecule has 0 aliphatic heterocycles. The van der Waals surface area contributed by atoms with Gasteiger partial charge in [-0.15, -0.1) is 0 Å². The van der Waals surface area contributed by atoms with Crippen molar-refractivity contribution in [2.45, 2.75) is 6.61 Å². The number of hydrogen-bond acceptors (Lipinski definition) is 4. The topological polar surface area (TPSA) is 68.3 Å². The second kappa shape index (κ2) is 5.93. The molecule has 0 aliphatic carbocycles. The van der Waals surface area contributed by atoms with Crippen LogP contribution in [0.5, 0.6) is 11.5 Å². The summed E-state index contributed by atoms with van der Waals surface area (Å²) in [5.74, 6) is 0.530. The van der Waals surface area contributed by atoms with Crippen molar-refractivity contribution < 1.29 is 13.9 Å². The molecular weight excluding hydrogens is 259 g/mol. The number of nitrogens with zero attached hydrogens (tertiary/aromatic N) is 1. The number of nitrogens with two attached hydrogens (primary N) is 1. The fraction of sp³-hybridized carbons (Fsp3) is 0.133. The smallest absolute Gasteiger partial charge is 0.131 e. The minimum atomic E-state index is -0.423. The van der Waals surface area contributed by atoms with Gasteiger partial charge in [0.05, 0.1) is 18.7 Å². The maximum absolute atomic E-state index is 13.6. The Kier molecular flexibility index (Phi) is 4.06. The van der Waals surface area contributed by atoms with Crippen LogP contribution in [-0.2, 0) is 6.61 Å². The van der Waals surface area contributed by atoms with Gasteiger partial charge in [0, 0.05) is 17.3 Å². The number of benzene rings is 2. The normalized spacial score (nSPS) is 9.85. The molecule has 2 aromatic rings. The van der Waals surface area contributed by atoms with Gasteiger partial charge in [0.25, 0.3) is 0 Å². The van der Waals surface area contributed by atoms with E-state index < -0.39 is 5.82 Å². The van der Waals surface area contributed by atoms with Crippen LogP contribution in [0.2, 0.25) is 0 Å². The number of nitrogen functional groups attached to an aromatic ring is 1. The Bertz CT molecular complexity index is 665. The van der Waals surface area contributed by atoms with Crippen LogP contribution in [0.15, 0.2) is 36.4 Å². The van der Waals surface area contributed by atoms with Gasteiger partial charge in [-0.3, -0.25) is 0 Å². The molecule has 0 amide bonds. The van der Waals surface area contributed by atoms with E-state index in [1.807, 2.05) is 6.07 Å². The van der Waals surface area contributed by atoms with E-state index >= 15 is 0 Å². The first kappa shape index (κ1) is 13.7. The van der Waals surface area contributed by atoms with E-state index in [9.17, 15) is 4.39 Å². The summed E-state index contributed by atoms with van der Waals surface area (Å²) in [4.78, 5) is 0. The van der Waals surface area contributed by atoms with Crippen LogP contribution in [0, 0.1) is 17.1 Å². The third kappa shape index (κ3) is 3.18. The molecule has 2 rings (SSSR count). The van der Waals surface area contributed by atoms with Crippen LogP contribution in [0.3, 0.4) is 0 Å². The predicted octanol–water partition coefficient (Wildman–Crippen LogP) is 2.87. The third-order valence-electron chi connectivity index (χ3n) is 2.72. The molecular formula is C15H13FN2O2. The molecule has 5 heteroatoms. The molecule has 0 bridgehead atoms. The lowest BCUT2D eigenvalue weighted by atomic mass is 10.2. The van der Waals surface area contributed by atoms with E-state index in [0.717, 1.165) is 0 Å². The molecule has 0 unspecified atom stereocenters. The molecule has 2 N–H and O–H groups in total. The van der Waals surface area contributed by atoms with Gasteiger partial charge < -0.3 is 15.2 Å². The van der Waals surface area contributed by atoms with Crippen molar-refractivity contribution in [3.05, 3.63) is 53.3 Å². The van der Waals surface area contributed by atoms with Gasteiger partial charge in [-0.2, -0.15) is 5.26 Å². The van der Waals surface area contributed by atoms with E-state index in [1.165, 1.54) is 13.2 Å². The molecule has 2 aromatic carbocycles. The molecule has 102 valence electrons. The first-order valence-corrected chi connectivity index (χ1v) is 5.88. The van der Waals surface area contributed by atoms with Crippen molar-refractivity contribution in [2.24, 2.45) is 0 Å². The molecule has 0 aliphatic rings. The summed E-state index contributed by atoms with van der Waals surface area (Å²) >= 11 is 0. The molecule has 0 saturated carbocycles. The number of anilines is 1. The van der Waals surface area contributed by atoms with E-state index in [-0.39, 0.29) is 6.61 Å². The zero-order valence-electron chi connectivity index (χ0n) is 10.9. The fourth-order valence-corrected chi connectivity index (χ4v) is 1.68. The molecule has 0 heterocycles. The van der Waals surface area contributed by atoms with Crippen molar-refractivity contribution >= 4 is 5.69 Å². The molecule has 4 nitrogen and oxygen atoms in total. The molecule has 0 aromatic heterocycles. The lowest BCUT2D eigenvalue weighted by Gasteiger charge is -2.09. The monoisotopic (exact) mass is 272 g/mol. The van der Waals surface area contributed by atoms with E-state index in [0.29, 0.717) is 28.3 Å². The number of ether oxygens (including phenoxy) is 2. The largest absolute Gasteiger partial charge is 0.497 e. The van der Waals surface area contributed by atoms with Gasteiger partial charge in [-0.05, 0) is 24.3 Å². The summed E-state index contributed by atoms with van der Waals surface area (Å²) in [6.07, 6.45) is 0. The zero-order valence-corrected chi connectivity index (χ0v) is 10.9. The maximum Gasteiger partial charge on any atom is 0.131 e. The lowest BCUT2D eigenvalue weighted by Crippen LogP contribution is -2.00. The van der Waals surface area contributed by atoms with Crippen LogP contribution >= 0.6 is 0 Å². The highest BCUT2D eigenvalue weighted by Crippen LogP contribution is 2.23. The quantitative estimate of drug-likeness (QED) is 0.869. The van der Waals surface area contributed by atoms with E-state index in [4.69, 9.17) is 20.5 Å². The second-order valence-electron chi connectivity index (χ2n) is 4.15. The second-order valence-corrected chi connectivity index (χ2v) is 4.15. The zero-order chi connectivity index (χ0) is 14.5. The Morgan fingerprint density at radius 3 is 2.60 bits per heavy atom. The van der Waals surface area contributed by atoms with E-state index in [2.05, 4.69) is 0 Å². The van der Waals surface area contributed by atoms with Crippen LogP contribution in [-0.4, -0.2) is 7.11 Å². The highest BCUT2D eigenvalue weighted by Gasteiger charge is 2.06. The summed E-state index contributed by atoms with van der Waals surface area (Å²) in [6, 6.07) is 11.2. The third-order valence-corrected chi connectivity index (χ3v) is 2.72. The number of nitriles is 1. The summed E-state index contributed by atoms with van der Waals surface area (Å²) in [5.41, 5.74) is 6.64. The highest BCUT2D eigenvalue weighted by atomic mass is 19.1. The van der Waals surface area contributed by atoms with Crippen molar-refractivity contribution in [3.63, 3.8) is 0 Å². The predicted molar refractivity (Wildman–Crippen MR) is 72.9 cm³/mol. The highest BCUT2D eigenvalue weighted by molar-refractivity contribution is 5.44. The van der Waals surface area contributed by atoms with Crippen molar-refractivity contribution in [2.75, 3.05) is 12.8 Å². The number of halogens is 1. The first-order chi connectivity index (χ1) is 9.62. The van der Waals surface area contributed by atoms with Gasteiger partial charge in [-0.25, -0.2) is 4.39 Å². The van der Waals surface area contributed by atoms with Gasteiger partial charge in [-0.1, -0.05) is 6.07 Å².